The highest BCUT2D eigenvalue weighted by atomic mass is 14.0. The molecule has 0 nitrogen and oxygen atoms in total. The molecule has 0 heterocycles. The SMILES string of the molecule is CC.CC.CCC1=CC=CCC1. The van der Waals surface area contributed by atoms with Crippen molar-refractivity contribution in [1.29, 1.82) is 0 Å². The Morgan fingerprint density at radius 3 is 2.00 bits per heavy atom. The second-order valence-corrected chi connectivity index (χ2v) is 2.15. The van der Waals surface area contributed by atoms with Crippen LogP contribution >= 0.6 is 0 Å². The Bertz CT molecular complexity index is 118. The van der Waals surface area contributed by atoms with E-state index in [0.717, 1.165) is 0 Å². The van der Waals surface area contributed by atoms with Crippen molar-refractivity contribution in [3.8, 4) is 0 Å². The molecule has 72 valence electrons. The molecule has 0 saturated carbocycles. The van der Waals surface area contributed by atoms with Gasteiger partial charge in [-0.05, 0) is 19.3 Å². The standard InChI is InChI=1S/C8H12.2C2H6/c1-2-8-6-4-3-5-7-8;2*1-2/h3-4,6H,2,5,7H2,1H3;2*1-2H3. The molecule has 0 radical (unpaired) electrons. The lowest BCUT2D eigenvalue weighted by atomic mass is 10.0. The summed E-state index contributed by atoms with van der Waals surface area (Å²) >= 11 is 0. The molecule has 0 aromatic heterocycles. The summed E-state index contributed by atoms with van der Waals surface area (Å²) in [5.74, 6) is 0. The monoisotopic (exact) mass is 168 g/mol. The van der Waals surface area contributed by atoms with Crippen molar-refractivity contribution in [1.82, 2.24) is 0 Å². The van der Waals surface area contributed by atoms with Crippen LogP contribution in [0.5, 0.6) is 0 Å². The van der Waals surface area contributed by atoms with Crippen LogP contribution in [-0.4, -0.2) is 0 Å². The normalized spacial score (nSPS) is 13.2. The minimum absolute atomic E-state index is 1.23. The molecule has 0 heteroatoms. The number of hydrogen-bond donors (Lipinski definition) is 0. The quantitative estimate of drug-likeness (QED) is 0.531. The number of rotatable bonds is 1. The van der Waals surface area contributed by atoms with Gasteiger partial charge in [-0.1, -0.05) is 58.4 Å². The highest BCUT2D eigenvalue weighted by Crippen LogP contribution is 2.13. The van der Waals surface area contributed by atoms with Gasteiger partial charge in [0.25, 0.3) is 0 Å². The summed E-state index contributed by atoms with van der Waals surface area (Å²) < 4.78 is 0. The van der Waals surface area contributed by atoms with Gasteiger partial charge in [0.05, 0.1) is 0 Å². The van der Waals surface area contributed by atoms with Gasteiger partial charge in [-0.15, -0.1) is 0 Å². The zero-order valence-electron chi connectivity index (χ0n) is 9.35. The third kappa shape index (κ3) is 7.59. The maximum absolute atomic E-state index is 2.23. The van der Waals surface area contributed by atoms with E-state index in [9.17, 15) is 0 Å². The van der Waals surface area contributed by atoms with Crippen LogP contribution in [0.3, 0.4) is 0 Å². The van der Waals surface area contributed by atoms with Crippen LogP contribution < -0.4 is 0 Å². The van der Waals surface area contributed by atoms with Crippen molar-refractivity contribution in [2.45, 2.75) is 53.9 Å². The van der Waals surface area contributed by atoms with E-state index < -0.39 is 0 Å². The predicted octanol–water partition coefficient (Wildman–Crippen LogP) is 4.73. The molecular formula is C12H24. The van der Waals surface area contributed by atoms with Gasteiger partial charge in [0, 0.05) is 0 Å². The van der Waals surface area contributed by atoms with Gasteiger partial charge in [0.1, 0.15) is 0 Å². The van der Waals surface area contributed by atoms with Crippen molar-refractivity contribution in [2.75, 3.05) is 0 Å². The Hall–Kier alpha value is -0.520. The molecule has 0 aliphatic heterocycles. The third-order valence-corrected chi connectivity index (χ3v) is 1.55. The second-order valence-electron chi connectivity index (χ2n) is 2.15. The molecule has 0 atom stereocenters. The molecule has 0 aromatic carbocycles. The first-order valence-electron chi connectivity index (χ1n) is 5.28. The molecule has 1 aliphatic rings. The Kier molecular flexibility index (Phi) is 15.3. The Labute approximate surface area is 78.4 Å². The van der Waals surface area contributed by atoms with Crippen LogP contribution in [0.1, 0.15) is 53.9 Å². The number of allylic oxidation sites excluding steroid dienone is 4. The van der Waals surface area contributed by atoms with Crippen LogP contribution in [0.25, 0.3) is 0 Å². The smallest absolute Gasteiger partial charge is 0.0282 e. The van der Waals surface area contributed by atoms with Crippen molar-refractivity contribution in [3.05, 3.63) is 23.8 Å². The molecule has 0 bridgehead atoms. The van der Waals surface area contributed by atoms with E-state index in [4.69, 9.17) is 0 Å². The van der Waals surface area contributed by atoms with Crippen LogP contribution in [0, 0.1) is 0 Å². The molecule has 0 spiro atoms. The largest absolute Gasteiger partial charge is 0.0842 e. The Balaban J connectivity index is 0. The first kappa shape index (κ1) is 14.0. The lowest BCUT2D eigenvalue weighted by molar-refractivity contribution is 0.895. The van der Waals surface area contributed by atoms with Crippen molar-refractivity contribution >= 4 is 0 Å². The molecule has 0 saturated heterocycles. The highest BCUT2D eigenvalue weighted by molar-refractivity contribution is 5.16. The van der Waals surface area contributed by atoms with Crippen LogP contribution in [0.15, 0.2) is 23.8 Å². The lowest BCUT2D eigenvalue weighted by Gasteiger charge is -2.03. The summed E-state index contributed by atoms with van der Waals surface area (Å²) in [5.41, 5.74) is 1.59. The molecule has 0 aromatic rings. The summed E-state index contributed by atoms with van der Waals surface area (Å²) in [6, 6.07) is 0. The summed E-state index contributed by atoms with van der Waals surface area (Å²) in [5, 5.41) is 0. The fraction of sp³-hybridized carbons (Fsp3) is 0.667. The topological polar surface area (TPSA) is 0 Å². The Morgan fingerprint density at radius 1 is 1.17 bits per heavy atom. The highest BCUT2D eigenvalue weighted by Gasteiger charge is 1.93. The van der Waals surface area contributed by atoms with Crippen molar-refractivity contribution in [3.63, 3.8) is 0 Å². The molecule has 0 fully saturated rings. The summed E-state index contributed by atoms with van der Waals surface area (Å²) in [4.78, 5) is 0. The zero-order chi connectivity index (χ0) is 9.82. The van der Waals surface area contributed by atoms with E-state index in [0.29, 0.717) is 0 Å². The minimum atomic E-state index is 1.23. The van der Waals surface area contributed by atoms with Gasteiger partial charge in [-0.2, -0.15) is 0 Å². The first-order chi connectivity index (χ1) is 5.93. The van der Waals surface area contributed by atoms with E-state index in [2.05, 4.69) is 25.2 Å². The number of hydrogen-bond acceptors (Lipinski definition) is 0. The van der Waals surface area contributed by atoms with E-state index in [1.807, 2.05) is 27.7 Å². The first-order valence-corrected chi connectivity index (χ1v) is 5.28. The fourth-order valence-electron chi connectivity index (χ4n) is 0.947. The van der Waals surface area contributed by atoms with Gasteiger partial charge < -0.3 is 0 Å². The zero-order valence-corrected chi connectivity index (χ0v) is 9.35. The van der Waals surface area contributed by atoms with E-state index in [1.54, 1.807) is 5.57 Å². The van der Waals surface area contributed by atoms with E-state index in [1.165, 1.54) is 19.3 Å². The van der Waals surface area contributed by atoms with Gasteiger partial charge in [-0.3, -0.25) is 0 Å². The van der Waals surface area contributed by atoms with E-state index >= 15 is 0 Å². The second kappa shape index (κ2) is 13.1. The van der Waals surface area contributed by atoms with Gasteiger partial charge in [-0.25, -0.2) is 0 Å². The molecule has 0 amide bonds. The predicted molar refractivity (Wildman–Crippen MR) is 59.4 cm³/mol. The van der Waals surface area contributed by atoms with Crippen LogP contribution in [-0.2, 0) is 0 Å². The molecule has 0 N–H and O–H groups in total. The fourth-order valence-corrected chi connectivity index (χ4v) is 0.947. The molecular weight excluding hydrogens is 144 g/mol. The summed E-state index contributed by atoms with van der Waals surface area (Å²) in [7, 11) is 0. The average Bonchev–Trinajstić information content (AvgIpc) is 2.25. The van der Waals surface area contributed by atoms with Gasteiger partial charge in [0.15, 0.2) is 0 Å². The van der Waals surface area contributed by atoms with E-state index in [-0.39, 0.29) is 0 Å². The minimum Gasteiger partial charge on any atom is -0.0842 e. The van der Waals surface area contributed by atoms with Gasteiger partial charge >= 0.3 is 0 Å². The van der Waals surface area contributed by atoms with Crippen LogP contribution in [0.2, 0.25) is 0 Å². The molecule has 1 rings (SSSR count). The molecule has 12 heavy (non-hydrogen) atoms. The Morgan fingerprint density at radius 2 is 1.75 bits per heavy atom. The summed E-state index contributed by atoms with van der Waals surface area (Å²) in [6.45, 7) is 10.2. The van der Waals surface area contributed by atoms with Crippen LogP contribution in [0.4, 0.5) is 0 Å². The molecule has 1 aliphatic carbocycles. The summed E-state index contributed by atoms with van der Waals surface area (Å²) in [6.07, 6.45) is 10.4. The van der Waals surface area contributed by atoms with Crippen molar-refractivity contribution in [2.24, 2.45) is 0 Å². The maximum Gasteiger partial charge on any atom is -0.0282 e. The lowest BCUT2D eigenvalue weighted by Crippen LogP contribution is -1.83. The maximum atomic E-state index is 2.23. The van der Waals surface area contributed by atoms with Gasteiger partial charge in [0.2, 0.25) is 0 Å². The molecule has 0 unspecified atom stereocenters. The average molecular weight is 168 g/mol. The third-order valence-electron chi connectivity index (χ3n) is 1.55. The van der Waals surface area contributed by atoms with Crippen molar-refractivity contribution < 1.29 is 0 Å².